The molecule has 0 saturated heterocycles. The molecule has 0 aliphatic rings. The largest absolute Gasteiger partial charge is 0.256 e. The van der Waals surface area contributed by atoms with E-state index in [-0.39, 0.29) is 0 Å². The fourth-order valence-corrected chi connectivity index (χ4v) is 2.00. The van der Waals surface area contributed by atoms with Gasteiger partial charge in [0, 0.05) is 11.8 Å². The van der Waals surface area contributed by atoms with Crippen molar-refractivity contribution in [2.75, 3.05) is 0 Å². The summed E-state index contributed by atoms with van der Waals surface area (Å²) in [5, 5.41) is 0. The van der Waals surface area contributed by atoms with Gasteiger partial charge in [0.1, 0.15) is 0 Å². The standard InChI is InChI=1S/C16H15N/c1-4-14-15(5-2)17-11-12(3)16(14)13-9-7-6-8-10-13/h4-11H,1-2H2,3H3. The summed E-state index contributed by atoms with van der Waals surface area (Å²) < 4.78 is 0. The van der Waals surface area contributed by atoms with Gasteiger partial charge < -0.3 is 0 Å². The molecule has 0 atom stereocenters. The molecule has 0 saturated carbocycles. The van der Waals surface area contributed by atoms with Gasteiger partial charge in [-0.05, 0) is 29.7 Å². The van der Waals surface area contributed by atoms with E-state index in [2.05, 4.69) is 37.2 Å². The topological polar surface area (TPSA) is 12.9 Å². The highest BCUT2D eigenvalue weighted by Crippen LogP contribution is 2.29. The summed E-state index contributed by atoms with van der Waals surface area (Å²) in [7, 11) is 0. The molecule has 0 fully saturated rings. The zero-order valence-corrected chi connectivity index (χ0v) is 9.98. The van der Waals surface area contributed by atoms with E-state index < -0.39 is 0 Å². The van der Waals surface area contributed by atoms with Crippen molar-refractivity contribution in [1.82, 2.24) is 4.98 Å². The van der Waals surface area contributed by atoms with Gasteiger partial charge in [-0.25, -0.2) is 0 Å². The van der Waals surface area contributed by atoms with Crippen LogP contribution in [-0.2, 0) is 0 Å². The molecule has 84 valence electrons. The Morgan fingerprint density at radius 3 is 2.35 bits per heavy atom. The molecule has 0 aliphatic carbocycles. The van der Waals surface area contributed by atoms with Crippen molar-refractivity contribution >= 4 is 12.2 Å². The Bertz CT molecular complexity index is 553. The second-order valence-corrected chi connectivity index (χ2v) is 3.89. The minimum Gasteiger partial charge on any atom is -0.256 e. The quantitative estimate of drug-likeness (QED) is 0.751. The Morgan fingerprint density at radius 2 is 1.76 bits per heavy atom. The summed E-state index contributed by atoms with van der Waals surface area (Å²) in [4.78, 5) is 4.36. The molecular formula is C16H15N. The van der Waals surface area contributed by atoms with Gasteiger partial charge in [-0.2, -0.15) is 0 Å². The number of hydrogen-bond donors (Lipinski definition) is 0. The van der Waals surface area contributed by atoms with Gasteiger partial charge in [0.2, 0.25) is 0 Å². The number of aryl methyl sites for hydroxylation is 1. The first kappa shape index (κ1) is 11.3. The third-order valence-corrected chi connectivity index (χ3v) is 2.80. The highest BCUT2D eigenvalue weighted by atomic mass is 14.7. The molecule has 1 aromatic heterocycles. The van der Waals surface area contributed by atoms with Gasteiger partial charge in [0.25, 0.3) is 0 Å². The molecule has 17 heavy (non-hydrogen) atoms. The minimum atomic E-state index is 0.879. The lowest BCUT2D eigenvalue weighted by Gasteiger charge is -2.12. The molecule has 2 aromatic rings. The van der Waals surface area contributed by atoms with Crippen molar-refractivity contribution in [3.63, 3.8) is 0 Å². The van der Waals surface area contributed by atoms with Crippen molar-refractivity contribution in [1.29, 1.82) is 0 Å². The smallest absolute Gasteiger partial charge is 0.0702 e. The third-order valence-electron chi connectivity index (χ3n) is 2.80. The summed E-state index contributed by atoms with van der Waals surface area (Å²) in [5.74, 6) is 0. The van der Waals surface area contributed by atoms with Gasteiger partial charge in [0.15, 0.2) is 0 Å². The number of hydrogen-bond acceptors (Lipinski definition) is 1. The second kappa shape index (κ2) is 4.79. The Kier molecular flexibility index (Phi) is 3.20. The Morgan fingerprint density at radius 1 is 1.06 bits per heavy atom. The SMILES string of the molecule is C=Cc1ncc(C)c(-c2ccccc2)c1C=C. The molecule has 0 unspecified atom stereocenters. The maximum Gasteiger partial charge on any atom is 0.0702 e. The summed E-state index contributed by atoms with van der Waals surface area (Å²) in [6.07, 6.45) is 5.49. The average molecular weight is 221 g/mol. The number of benzene rings is 1. The van der Waals surface area contributed by atoms with Crippen LogP contribution in [0, 0.1) is 6.92 Å². The summed E-state index contributed by atoms with van der Waals surface area (Å²) in [6.45, 7) is 9.74. The van der Waals surface area contributed by atoms with Crippen molar-refractivity contribution in [3.8, 4) is 11.1 Å². The third kappa shape index (κ3) is 2.04. The normalized spacial score (nSPS) is 9.94. The molecule has 0 radical (unpaired) electrons. The summed E-state index contributed by atoms with van der Waals surface area (Å²) in [5.41, 5.74) is 5.45. The van der Waals surface area contributed by atoms with Gasteiger partial charge >= 0.3 is 0 Å². The second-order valence-electron chi connectivity index (χ2n) is 3.89. The molecule has 2 rings (SSSR count). The fourth-order valence-electron chi connectivity index (χ4n) is 2.00. The van der Waals surface area contributed by atoms with Crippen LogP contribution in [0.1, 0.15) is 16.8 Å². The van der Waals surface area contributed by atoms with E-state index in [0.717, 1.165) is 16.8 Å². The number of pyridine rings is 1. The molecule has 0 aliphatic heterocycles. The molecule has 1 nitrogen and oxygen atoms in total. The molecular weight excluding hydrogens is 206 g/mol. The predicted octanol–water partition coefficient (Wildman–Crippen LogP) is 4.34. The fraction of sp³-hybridized carbons (Fsp3) is 0.0625. The first-order valence-electron chi connectivity index (χ1n) is 5.58. The van der Waals surface area contributed by atoms with E-state index >= 15 is 0 Å². The zero-order valence-electron chi connectivity index (χ0n) is 9.98. The van der Waals surface area contributed by atoms with Crippen LogP contribution in [0.25, 0.3) is 23.3 Å². The molecule has 1 heteroatoms. The Labute approximate surface area is 102 Å². The Hall–Kier alpha value is -2.15. The van der Waals surface area contributed by atoms with Crippen LogP contribution in [-0.4, -0.2) is 4.98 Å². The zero-order chi connectivity index (χ0) is 12.3. The maximum atomic E-state index is 4.36. The van der Waals surface area contributed by atoms with Crippen molar-refractivity contribution in [3.05, 3.63) is 66.5 Å². The molecule has 1 aromatic carbocycles. The van der Waals surface area contributed by atoms with Crippen LogP contribution in [0.3, 0.4) is 0 Å². The average Bonchev–Trinajstić information content (AvgIpc) is 2.39. The van der Waals surface area contributed by atoms with Crippen LogP contribution in [0.4, 0.5) is 0 Å². The van der Waals surface area contributed by atoms with Gasteiger partial charge in [0.05, 0.1) is 5.69 Å². The van der Waals surface area contributed by atoms with E-state index in [0.29, 0.717) is 0 Å². The predicted molar refractivity (Wildman–Crippen MR) is 74.6 cm³/mol. The first-order chi connectivity index (χ1) is 8.27. The van der Waals surface area contributed by atoms with Crippen LogP contribution in [0.15, 0.2) is 49.7 Å². The van der Waals surface area contributed by atoms with Crippen LogP contribution in [0.2, 0.25) is 0 Å². The minimum absolute atomic E-state index is 0.879. The van der Waals surface area contributed by atoms with E-state index in [9.17, 15) is 0 Å². The molecule has 0 spiro atoms. The lowest BCUT2D eigenvalue weighted by atomic mass is 9.95. The van der Waals surface area contributed by atoms with Crippen LogP contribution >= 0.6 is 0 Å². The van der Waals surface area contributed by atoms with Crippen molar-refractivity contribution in [2.45, 2.75) is 6.92 Å². The van der Waals surface area contributed by atoms with Gasteiger partial charge in [-0.3, -0.25) is 4.98 Å². The van der Waals surface area contributed by atoms with Gasteiger partial charge in [-0.15, -0.1) is 0 Å². The lowest BCUT2D eigenvalue weighted by molar-refractivity contribution is 1.24. The number of rotatable bonds is 3. The van der Waals surface area contributed by atoms with Crippen LogP contribution in [0.5, 0.6) is 0 Å². The lowest BCUT2D eigenvalue weighted by Crippen LogP contribution is -1.94. The van der Waals surface area contributed by atoms with Crippen LogP contribution < -0.4 is 0 Å². The van der Waals surface area contributed by atoms with Crippen molar-refractivity contribution < 1.29 is 0 Å². The highest BCUT2D eigenvalue weighted by molar-refractivity contribution is 5.81. The monoisotopic (exact) mass is 221 g/mol. The summed E-state index contributed by atoms with van der Waals surface area (Å²) in [6, 6.07) is 10.3. The summed E-state index contributed by atoms with van der Waals surface area (Å²) >= 11 is 0. The van der Waals surface area contributed by atoms with E-state index in [1.165, 1.54) is 11.1 Å². The van der Waals surface area contributed by atoms with E-state index in [1.54, 1.807) is 6.08 Å². The molecule has 0 N–H and O–H groups in total. The van der Waals surface area contributed by atoms with E-state index in [4.69, 9.17) is 0 Å². The van der Waals surface area contributed by atoms with Gasteiger partial charge in [-0.1, -0.05) is 49.6 Å². The first-order valence-corrected chi connectivity index (χ1v) is 5.58. The molecule has 1 heterocycles. The highest BCUT2D eigenvalue weighted by Gasteiger charge is 2.09. The number of nitrogens with zero attached hydrogens (tertiary/aromatic N) is 1. The molecule has 0 bridgehead atoms. The van der Waals surface area contributed by atoms with E-state index in [1.807, 2.05) is 30.5 Å². The number of aromatic nitrogens is 1. The van der Waals surface area contributed by atoms with Crippen molar-refractivity contribution in [2.24, 2.45) is 0 Å². The Balaban J connectivity index is 2.76. The molecule has 0 amide bonds. The maximum absolute atomic E-state index is 4.36.